The highest BCUT2D eigenvalue weighted by atomic mass is 35.5. The smallest absolute Gasteiger partial charge is 0.417 e. The van der Waals surface area contributed by atoms with E-state index in [0.717, 1.165) is 12.3 Å². The van der Waals surface area contributed by atoms with Crippen molar-refractivity contribution in [1.82, 2.24) is 9.88 Å². The summed E-state index contributed by atoms with van der Waals surface area (Å²) in [5.41, 5.74) is -0.906. The van der Waals surface area contributed by atoms with Crippen molar-refractivity contribution in [1.29, 1.82) is 0 Å². The van der Waals surface area contributed by atoms with E-state index in [9.17, 15) is 18.0 Å². The Kier molecular flexibility index (Phi) is 6.65. The number of halogens is 6. The first-order valence-corrected chi connectivity index (χ1v) is 9.62. The maximum Gasteiger partial charge on any atom is 0.417 e. The van der Waals surface area contributed by atoms with Gasteiger partial charge >= 0.3 is 6.18 Å². The second-order valence-corrected chi connectivity index (χ2v) is 7.51. The predicted octanol–water partition coefficient (Wildman–Crippen LogP) is 4.79. The highest BCUT2D eigenvalue weighted by Gasteiger charge is 2.32. The summed E-state index contributed by atoms with van der Waals surface area (Å²) >= 11 is 17.9. The molecule has 2 aromatic rings. The summed E-state index contributed by atoms with van der Waals surface area (Å²) in [7, 11) is 0. The molecule has 0 radical (unpaired) electrons. The number of alkyl halides is 3. The first-order valence-electron chi connectivity index (χ1n) is 8.48. The van der Waals surface area contributed by atoms with Crippen LogP contribution in [-0.2, 0) is 11.0 Å². The molecule has 1 amide bonds. The molecule has 2 heterocycles. The van der Waals surface area contributed by atoms with E-state index in [0.29, 0.717) is 42.0 Å². The maximum atomic E-state index is 12.7. The van der Waals surface area contributed by atoms with Gasteiger partial charge in [0.2, 0.25) is 0 Å². The molecule has 1 aromatic heterocycles. The fourth-order valence-electron chi connectivity index (χ4n) is 2.80. The third-order valence-electron chi connectivity index (χ3n) is 4.33. The Morgan fingerprint density at radius 1 is 1.07 bits per heavy atom. The summed E-state index contributed by atoms with van der Waals surface area (Å²) in [6.07, 6.45) is -3.76. The molecule has 0 saturated carbocycles. The minimum Gasteiger partial charge on any atom is -0.482 e. The molecule has 1 fully saturated rings. The van der Waals surface area contributed by atoms with Crippen LogP contribution in [0.2, 0.25) is 15.1 Å². The van der Waals surface area contributed by atoms with E-state index in [1.807, 2.05) is 0 Å². The standard InChI is InChI=1S/C18H15Cl3F3N3O2/c19-12-1-2-13(20)15(8-12)29-10-16(28)26-3-5-27(6-4-26)17-14(21)7-11(9-25-17)18(22,23)24/h1-2,7-9H,3-6,10H2. The van der Waals surface area contributed by atoms with Crippen molar-refractivity contribution in [2.24, 2.45) is 0 Å². The fourth-order valence-corrected chi connectivity index (χ4v) is 3.42. The second kappa shape index (κ2) is 8.85. The summed E-state index contributed by atoms with van der Waals surface area (Å²) in [5.74, 6) is 0.327. The molecule has 1 saturated heterocycles. The Hall–Kier alpha value is -1.90. The zero-order chi connectivity index (χ0) is 21.2. The summed E-state index contributed by atoms with van der Waals surface area (Å²) in [4.78, 5) is 19.6. The number of pyridine rings is 1. The zero-order valence-corrected chi connectivity index (χ0v) is 17.1. The Morgan fingerprint density at radius 3 is 2.38 bits per heavy atom. The van der Waals surface area contributed by atoms with Crippen LogP contribution in [0.3, 0.4) is 0 Å². The van der Waals surface area contributed by atoms with Crippen LogP contribution in [0.4, 0.5) is 19.0 Å². The molecule has 0 atom stereocenters. The average molecular weight is 469 g/mol. The largest absolute Gasteiger partial charge is 0.482 e. The number of rotatable bonds is 4. The topological polar surface area (TPSA) is 45.7 Å². The number of carbonyl (C=O) groups excluding carboxylic acids is 1. The number of hydrogen-bond donors (Lipinski definition) is 0. The number of piperazine rings is 1. The van der Waals surface area contributed by atoms with Crippen molar-refractivity contribution in [3.05, 3.63) is 51.1 Å². The second-order valence-electron chi connectivity index (χ2n) is 6.26. The first-order chi connectivity index (χ1) is 13.6. The van der Waals surface area contributed by atoms with Crippen molar-refractivity contribution in [3.63, 3.8) is 0 Å². The molecular weight excluding hydrogens is 454 g/mol. The van der Waals surface area contributed by atoms with Gasteiger partial charge in [-0.2, -0.15) is 13.2 Å². The van der Waals surface area contributed by atoms with Crippen molar-refractivity contribution in [3.8, 4) is 5.75 Å². The van der Waals surface area contributed by atoms with Crippen LogP contribution in [0.25, 0.3) is 0 Å². The van der Waals surface area contributed by atoms with Gasteiger partial charge in [0.1, 0.15) is 11.6 Å². The zero-order valence-electron chi connectivity index (χ0n) is 14.8. The summed E-state index contributed by atoms with van der Waals surface area (Å²) < 4.78 is 43.7. The van der Waals surface area contributed by atoms with Gasteiger partial charge in [-0.25, -0.2) is 4.98 Å². The average Bonchev–Trinajstić information content (AvgIpc) is 2.68. The molecule has 0 spiro atoms. The van der Waals surface area contributed by atoms with Gasteiger partial charge in [-0.05, 0) is 18.2 Å². The van der Waals surface area contributed by atoms with Gasteiger partial charge in [-0.1, -0.05) is 34.8 Å². The van der Waals surface area contributed by atoms with Crippen LogP contribution in [0, 0.1) is 0 Å². The molecule has 11 heteroatoms. The number of hydrogen-bond acceptors (Lipinski definition) is 4. The lowest BCUT2D eigenvalue weighted by Crippen LogP contribution is -2.50. The number of anilines is 1. The van der Waals surface area contributed by atoms with Gasteiger partial charge in [-0.3, -0.25) is 4.79 Å². The van der Waals surface area contributed by atoms with Crippen LogP contribution in [0.5, 0.6) is 5.75 Å². The van der Waals surface area contributed by atoms with E-state index < -0.39 is 11.7 Å². The number of carbonyl (C=O) groups is 1. The molecule has 156 valence electrons. The van der Waals surface area contributed by atoms with Crippen LogP contribution in [0.15, 0.2) is 30.5 Å². The Bertz CT molecular complexity index is 904. The van der Waals surface area contributed by atoms with Gasteiger partial charge in [-0.15, -0.1) is 0 Å². The minimum atomic E-state index is -4.51. The molecule has 1 aliphatic rings. The molecule has 29 heavy (non-hydrogen) atoms. The van der Waals surface area contributed by atoms with Gasteiger partial charge in [0.25, 0.3) is 5.91 Å². The molecule has 1 aromatic carbocycles. The molecule has 1 aliphatic heterocycles. The van der Waals surface area contributed by atoms with E-state index in [1.165, 1.54) is 6.07 Å². The van der Waals surface area contributed by atoms with Crippen molar-refractivity contribution < 1.29 is 22.7 Å². The quantitative estimate of drug-likeness (QED) is 0.647. The molecule has 5 nitrogen and oxygen atoms in total. The Morgan fingerprint density at radius 2 is 1.76 bits per heavy atom. The first kappa shape index (κ1) is 21.8. The SMILES string of the molecule is O=C(COc1cc(Cl)ccc1Cl)N1CCN(c2ncc(C(F)(F)F)cc2Cl)CC1. The number of nitrogens with zero attached hydrogens (tertiary/aromatic N) is 3. The van der Waals surface area contributed by atoms with E-state index in [2.05, 4.69) is 4.98 Å². The fraction of sp³-hybridized carbons (Fsp3) is 0.333. The molecule has 0 bridgehead atoms. The third-order valence-corrected chi connectivity index (χ3v) is 5.15. The maximum absolute atomic E-state index is 12.7. The lowest BCUT2D eigenvalue weighted by Gasteiger charge is -2.35. The van der Waals surface area contributed by atoms with Crippen molar-refractivity contribution in [2.75, 3.05) is 37.7 Å². The molecular formula is C18H15Cl3F3N3O2. The Balaban J connectivity index is 1.56. The number of aromatic nitrogens is 1. The number of ether oxygens (including phenoxy) is 1. The molecule has 0 N–H and O–H groups in total. The monoisotopic (exact) mass is 467 g/mol. The highest BCUT2D eigenvalue weighted by Crippen LogP contribution is 2.33. The normalized spacial score (nSPS) is 14.8. The lowest BCUT2D eigenvalue weighted by molar-refractivity contribution is -0.138. The number of amides is 1. The molecule has 3 rings (SSSR count). The minimum absolute atomic E-state index is 0.0847. The molecule has 0 unspecified atom stereocenters. The van der Waals surface area contributed by atoms with Crippen molar-refractivity contribution >= 4 is 46.5 Å². The van der Waals surface area contributed by atoms with Crippen molar-refractivity contribution in [2.45, 2.75) is 6.18 Å². The van der Waals surface area contributed by atoms with E-state index in [-0.39, 0.29) is 23.4 Å². The molecule has 0 aliphatic carbocycles. The summed E-state index contributed by atoms with van der Waals surface area (Å²) in [6.45, 7) is 1.25. The van der Waals surface area contributed by atoms with Gasteiger partial charge in [0.15, 0.2) is 6.61 Å². The van der Waals surface area contributed by atoms with Crippen LogP contribution >= 0.6 is 34.8 Å². The van der Waals surface area contributed by atoms with Gasteiger partial charge in [0.05, 0.1) is 15.6 Å². The van der Waals surface area contributed by atoms with Gasteiger partial charge < -0.3 is 14.5 Å². The highest BCUT2D eigenvalue weighted by molar-refractivity contribution is 6.34. The van der Waals surface area contributed by atoms with E-state index in [4.69, 9.17) is 39.5 Å². The van der Waals surface area contributed by atoms with Crippen LogP contribution < -0.4 is 9.64 Å². The summed E-state index contributed by atoms with van der Waals surface area (Å²) in [5, 5.41) is 0.694. The van der Waals surface area contributed by atoms with Gasteiger partial charge in [0, 0.05) is 43.5 Å². The summed E-state index contributed by atoms with van der Waals surface area (Å²) in [6, 6.07) is 5.55. The third kappa shape index (κ3) is 5.38. The number of benzene rings is 1. The predicted molar refractivity (Wildman–Crippen MR) is 105 cm³/mol. The van der Waals surface area contributed by atoms with E-state index in [1.54, 1.807) is 21.9 Å². The lowest BCUT2D eigenvalue weighted by atomic mass is 10.2. The van der Waals surface area contributed by atoms with E-state index >= 15 is 0 Å². The van der Waals surface area contributed by atoms with Crippen LogP contribution in [-0.4, -0.2) is 48.6 Å². The Labute approximate surface area is 179 Å². The van der Waals surface area contributed by atoms with Crippen LogP contribution in [0.1, 0.15) is 5.56 Å².